The van der Waals surface area contributed by atoms with Gasteiger partial charge in [-0.15, -0.1) is 5.10 Å². The van der Waals surface area contributed by atoms with Gasteiger partial charge < -0.3 is 9.47 Å². The molecule has 14 heavy (non-hydrogen) atoms. The highest BCUT2D eigenvalue weighted by Gasteiger charge is 2.00. The summed E-state index contributed by atoms with van der Waals surface area (Å²) in [5, 5.41) is 7.68. The second-order valence-electron chi connectivity index (χ2n) is 2.30. The first kappa shape index (κ1) is 10.5. The van der Waals surface area contributed by atoms with Gasteiger partial charge in [-0.2, -0.15) is 10.1 Å². The van der Waals surface area contributed by atoms with Crippen molar-refractivity contribution in [3.8, 4) is 0 Å². The lowest BCUT2D eigenvalue weighted by Gasteiger charge is -2.02. The van der Waals surface area contributed by atoms with Crippen LogP contribution in [0.1, 0.15) is 6.92 Å². The minimum absolute atomic E-state index is 0.326. The molecule has 0 aliphatic rings. The van der Waals surface area contributed by atoms with Crippen LogP contribution in [0.15, 0.2) is 11.4 Å². The highest BCUT2D eigenvalue weighted by molar-refractivity contribution is 5.48. The fourth-order valence-electron chi connectivity index (χ4n) is 0.763. The number of anilines is 1. The van der Waals surface area contributed by atoms with E-state index in [0.717, 1.165) is 0 Å². The molecule has 7 nitrogen and oxygen atoms in total. The van der Waals surface area contributed by atoms with Crippen LogP contribution in [0.4, 0.5) is 5.95 Å². The summed E-state index contributed by atoms with van der Waals surface area (Å²) in [5.74, 6) is 0.503. The molecule has 0 saturated carbocycles. The Bertz CT molecular complexity index is 285. The molecule has 1 heterocycles. The van der Waals surface area contributed by atoms with Gasteiger partial charge in [0.2, 0.25) is 5.95 Å². The Morgan fingerprint density at radius 2 is 2.57 bits per heavy atom. The largest absolute Gasteiger partial charge is 0.482 e. The van der Waals surface area contributed by atoms with Gasteiger partial charge >= 0.3 is 0 Å². The van der Waals surface area contributed by atoms with Crippen LogP contribution < -0.4 is 5.43 Å². The second-order valence-corrected chi connectivity index (χ2v) is 2.30. The topological polar surface area (TPSA) is 73.6 Å². The molecule has 0 amide bonds. The zero-order valence-corrected chi connectivity index (χ0v) is 8.17. The van der Waals surface area contributed by atoms with Gasteiger partial charge in [0, 0.05) is 7.11 Å². The van der Waals surface area contributed by atoms with Crippen molar-refractivity contribution < 1.29 is 9.47 Å². The molecule has 1 aromatic rings. The van der Waals surface area contributed by atoms with E-state index in [4.69, 9.17) is 9.47 Å². The Morgan fingerprint density at radius 3 is 3.29 bits per heavy atom. The van der Waals surface area contributed by atoms with Gasteiger partial charge in [-0.3, -0.25) is 0 Å². The molecule has 78 valence electrons. The maximum absolute atomic E-state index is 4.89. The van der Waals surface area contributed by atoms with E-state index < -0.39 is 0 Å². The third kappa shape index (κ3) is 3.02. The highest BCUT2D eigenvalue weighted by Crippen LogP contribution is 1.99. The van der Waals surface area contributed by atoms with Crippen LogP contribution in [0.2, 0.25) is 0 Å². The van der Waals surface area contributed by atoms with E-state index in [9.17, 15) is 0 Å². The first-order valence-corrected chi connectivity index (χ1v) is 4.14. The van der Waals surface area contributed by atoms with E-state index in [1.807, 2.05) is 6.92 Å². The van der Waals surface area contributed by atoms with Gasteiger partial charge in [-0.25, -0.2) is 10.1 Å². The number of hydrazone groups is 1. The molecule has 0 aromatic carbocycles. The maximum atomic E-state index is 4.89. The van der Waals surface area contributed by atoms with Crippen LogP contribution in [0, 0.1) is 0 Å². The van der Waals surface area contributed by atoms with E-state index in [1.165, 1.54) is 17.4 Å². The van der Waals surface area contributed by atoms with Crippen LogP contribution in [0.25, 0.3) is 0 Å². The lowest BCUT2D eigenvalue weighted by molar-refractivity contribution is 0.122. The zero-order chi connectivity index (χ0) is 10.2. The Balaban J connectivity index is 2.45. The Morgan fingerprint density at radius 1 is 1.71 bits per heavy atom. The van der Waals surface area contributed by atoms with Crippen LogP contribution in [0.3, 0.4) is 0 Å². The maximum Gasteiger partial charge on any atom is 0.244 e. The van der Waals surface area contributed by atoms with Gasteiger partial charge in [0.1, 0.15) is 13.1 Å². The highest BCUT2D eigenvalue weighted by atomic mass is 16.5. The predicted molar refractivity (Wildman–Crippen MR) is 50.8 cm³/mol. The first-order chi connectivity index (χ1) is 6.88. The van der Waals surface area contributed by atoms with E-state index >= 15 is 0 Å². The first-order valence-electron chi connectivity index (χ1n) is 4.14. The summed E-state index contributed by atoms with van der Waals surface area (Å²) >= 11 is 0. The number of hydrogen-bond donors (Lipinski definition) is 1. The number of aromatic nitrogens is 3. The Kier molecular flexibility index (Phi) is 4.42. The van der Waals surface area contributed by atoms with E-state index in [0.29, 0.717) is 19.3 Å². The van der Waals surface area contributed by atoms with Gasteiger partial charge in [-0.1, -0.05) is 0 Å². The summed E-state index contributed by atoms with van der Waals surface area (Å²) in [6.45, 7) is 2.78. The van der Waals surface area contributed by atoms with Crippen LogP contribution in [-0.4, -0.2) is 34.9 Å². The minimum atomic E-state index is 0.326. The average molecular weight is 199 g/mol. The fraction of sp³-hybridized carbons (Fsp3) is 0.571. The van der Waals surface area contributed by atoms with Gasteiger partial charge in [0.05, 0.1) is 6.61 Å². The van der Waals surface area contributed by atoms with Crippen LogP contribution >= 0.6 is 0 Å². The van der Waals surface area contributed by atoms with Crippen molar-refractivity contribution in [1.82, 2.24) is 14.8 Å². The molecular weight excluding hydrogens is 186 g/mol. The lowest BCUT2D eigenvalue weighted by Crippen LogP contribution is -2.06. The summed E-state index contributed by atoms with van der Waals surface area (Å²) in [4.78, 5) is 3.92. The second kappa shape index (κ2) is 5.92. The fourth-order valence-corrected chi connectivity index (χ4v) is 0.763. The summed E-state index contributed by atoms with van der Waals surface area (Å²) in [7, 11) is 1.58. The number of rotatable bonds is 6. The van der Waals surface area contributed by atoms with Crippen molar-refractivity contribution in [2.45, 2.75) is 13.7 Å². The molecule has 0 atom stereocenters. The number of ether oxygens (including phenoxy) is 2. The van der Waals surface area contributed by atoms with Gasteiger partial charge in [0.25, 0.3) is 0 Å². The summed E-state index contributed by atoms with van der Waals surface area (Å²) in [6.07, 6.45) is 2.73. The monoisotopic (exact) mass is 199 g/mol. The number of nitrogens with zero attached hydrogens (tertiary/aromatic N) is 4. The molecule has 1 aromatic heterocycles. The van der Waals surface area contributed by atoms with Crippen molar-refractivity contribution in [3.63, 3.8) is 0 Å². The third-order valence-corrected chi connectivity index (χ3v) is 1.33. The van der Waals surface area contributed by atoms with Crippen molar-refractivity contribution in [2.24, 2.45) is 5.10 Å². The molecular formula is C7H13N5O2. The molecule has 0 unspecified atom stereocenters. The van der Waals surface area contributed by atoms with E-state index in [1.54, 1.807) is 7.11 Å². The van der Waals surface area contributed by atoms with Crippen LogP contribution in [0.5, 0.6) is 0 Å². The third-order valence-electron chi connectivity index (χ3n) is 1.33. The summed E-state index contributed by atoms with van der Waals surface area (Å²) < 4.78 is 11.3. The van der Waals surface area contributed by atoms with Crippen molar-refractivity contribution in [3.05, 3.63) is 6.33 Å². The van der Waals surface area contributed by atoms with Crippen molar-refractivity contribution >= 4 is 12.3 Å². The molecule has 0 fully saturated rings. The SMILES string of the molecule is CCOC=NNc1ncnn1COC. The smallest absolute Gasteiger partial charge is 0.244 e. The molecule has 0 aliphatic carbocycles. The molecule has 0 spiro atoms. The predicted octanol–water partition coefficient (Wildman–Crippen LogP) is 0.274. The van der Waals surface area contributed by atoms with Crippen LogP contribution in [-0.2, 0) is 16.2 Å². The summed E-state index contributed by atoms with van der Waals surface area (Å²) in [5.41, 5.74) is 2.67. The molecule has 0 bridgehead atoms. The van der Waals surface area contributed by atoms with Crippen molar-refractivity contribution in [1.29, 1.82) is 0 Å². The minimum Gasteiger partial charge on any atom is -0.482 e. The van der Waals surface area contributed by atoms with E-state index in [-0.39, 0.29) is 0 Å². The summed E-state index contributed by atoms with van der Waals surface area (Å²) in [6, 6.07) is 0. The zero-order valence-electron chi connectivity index (χ0n) is 8.17. The molecule has 7 heteroatoms. The average Bonchev–Trinajstić information content (AvgIpc) is 2.61. The number of nitrogens with one attached hydrogen (secondary N) is 1. The normalized spacial score (nSPS) is 10.7. The molecule has 1 N–H and O–H groups in total. The standard InChI is InChI=1S/C7H13N5O2/c1-3-14-5-9-11-7-8-4-10-12(7)6-13-2/h4-5H,3,6H2,1-2H3,(H,8,10,11). The molecule has 0 saturated heterocycles. The Labute approximate surface area is 81.7 Å². The van der Waals surface area contributed by atoms with Gasteiger partial charge in [0.15, 0.2) is 6.40 Å². The Hall–Kier alpha value is -1.63. The quantitative estimate of drug-likeness (QED) is 0.404. The molecule has 0 aliphatic heterocycles. The number of methoxy groups -OCH3 is 1. The van der Waals surface area contributed by atoms with Gasteiger partial charge in [-0.05, 0) is 6.92 Å². The van der Waals surface area contributed by atoms with Crippen molar-refractivity contribution in [2.75, 3.05) is 19.1 Å². The number of hydrogen-bond acceptors (Lipinski definition) is 6. The molecule has 0 radical (unpaired) electrons. The lowest BCUT2D eigenvalue weighted by atomic mass is 10.9. The van der Waals surface area contributed by atoms with E-state index in [2.05, 4.69) is 20.6 Å². The molecule has 1 rings (SSSR count).